The quantitative estimate of drug-likeness (QED) is 0.150. The first-order chi connectivity index (χ1) is 12.9. The maximum absolute atomic E-state index is 8.24. The summed E-state index contributed by atoms with van der Waals surface area (Å²) in [6, 6.07) is 16.6. The lowest BCUT2D eigenvalue weighted by Gasteiger charge is -2.13. The summed E-state index contributed by atoms with van der Waals surface area (Å²) in [5.41, 5.74) is 11.5. The molecule has 0 saturated carbocycles. The fourth-order valence-corrected chi connectivity index (χ4v) is 3.30. The topological polar surface area (TPSA) is 73.7 Å². The van der Waals surface area contributed by atoms with Crippen LogP contribution in [-0.4, -0.2) is 18.1 Å². The number of aromatic nitrogens is 1. The van der Waals surface area contributed by atoms with Crippen molar-refractivity contribution in [1.82, 2.24) is 4.98 Å². The van der Waals surface area contributed by atoms with Crippen molar-refractivity contribution >= 4 is 27.5 Å². The molecule has 5 nitrogen and oxygen atoms in total. The van der Waals surface area contributed by atoms with Crippen LogP contribution in [0.3, 0.4) is 0 Å². The smallest absolute Gasteiger partial charge is 0.0730 e. The van der Waals surface area contributed by atoms with Crippen LogP contribution in [-0.2, 0) is 0 Å². The van der Waals surface area contributed by atoms with Gasteiger partial charge in [0.05, 0.1) is 16.7 Å². The number of rotatable bonds is 10. The summed E-state index contributed by atoms with van der Waals surface area (Å²) in [6.45, 7) is 1.59. The number of hydrogen-bond acceptors (Lipinski definition) is 3. The summed E-state index contributed by atoms with van der Waals surface area (Å²) in [6.07, 6.45) is 6.96. The SMILES string of the molecule is [N-]=[N+]=NCCCCCCCCNc1c2ccccc2nc2ccccc12. The first-order valence-corrected chi connectivity index (χ1v) is 9.42. The Morgan fingerprint density at radius 1 is 0.808 bits per heavy atom. The maximum Gasteiger partial charge on any atom is 0.0730 e. The molecule has 1 N–H and O–H groups in total. The van der Waals surface area contributed by atoms with Crippen LogP contribution < -0.4 is 5.32 Å². The Hall–Kier alpha value is -2.78. The van der Waals surface area contributed by atoms with Crippen molar-refractivity contribution in [1.29, 1.82) is 0 Å². The molecular formula is C21H25N5. The molecule has 0 fully saturated rings. The molecule has 0 spiro atoms. The molecule has 134 valence electrons. The Kier molecular flexibility index (Phi) is 6.68. The molecule has 0 unspecified atom stereocenters. The van der Waals surface area contributed by atoms with E-state index in [4.69, 9.17) is 10.5 Å². The number of nitrogens with one attached hydrogen (secondary N) is 1. The molecule has 0 aliphatic carbocycles. The van der Waals surface area contributed by atoms with E-state index in [1.165, 1.54) is 35.7 Å². The lowest BCUT2D eigenvalue weighted by Crippen LogP contribution is -2.03. The average Bonchev–Trinajstić information content (AvgIpc) is 2.68. The van der Waals surface area contributed by atoms with E-state index < -0.39 is 0 Å². The standard InChI is InChI=1S/C21H25N5/c22-26-24-16-10-4-2-1-3-9-15-23-21-17-11-5-7-13-19(17)25-20-14-8-6-12-18(20)21/h5-8,11-14H,1-4,9-10,15-16H2,(H,23,25). The van der Waals surface area contributed by atoms with Crippen LogP contribution in [0, 0.1) is 0 Å². The van der Waals surface area contributed by atoms with Gasteiger partial charge in [0.25, 0.3) is 0 Å². The van der Waals surface area contributed by atoms with Crippen molar-refractivity contribution in [2.45, 2.75) is 38.5 Å². The molecule has 0 amide bonds. The highest BCUT2D eigenvalue weighted by molar-refractivity contribution is 6.07. The van der Waals surface area contributed by atoms with Crippen LogP contribution in [0.15, 0.2) is 53.6 Å². The number of pyridine rings is 1. The highest BCUT2D eigenvalue weighted by atomic mass is 15.1. The number of hydrogen-bond donors (Lipinski definition) is 1. The number of anilines is 1. The van der Waals surface area contributed by atoms with Crippen molar-refractivity contribution in [2.75, 3.05) is 18.4 Å². The minimum absolute atomic E-state index is 0.625. The van der Waals surface area contributed by atoms with Gasteiger partial charge in [-0.15, -0.1) is 0 Å². The van der Waals surface area contributed by atoms with Gasteiger partial charge in [0, 0.05) is 28.8 Å². The Bertz CT molecular complexity index is 845. The largest absolute Gasteiger partial charge is 0.384 e. The number of benzene rings is 2. The van der Waals surface area contributed by atoms with Gasteiger partial charge >= 0.3 is 0 Å². The van der Waals surface area contributed by atoms with Crippen molar-refractivity contribution in [2.24, 2.45) is 5.11 Å². The second-order valence-electron chi connectivity index (χ2n) is 6.52. The van der Waals surface area contributed by atoms with Gasteiger partial charge in [0.2, 0.25) is 0 Å². The normalized spacial score (nSPS) is 10.8. The minimum Gasteiger partial charge on any atom is -0.384 e. The number of azide groups is 1. The Balaban J connectivity index is 1.54. The minimum atomic E-state index is 0.625. The third kappa shape index (κ3) is 4.64. The van der Waals surface area contributed by atoms with Gasteiger partial charge in [0.15, 0.2) is 0 Å². The Labute approximate surface area is 154 Å². The molecule has 0 radical (unpaired) electrons. The van der Waals surface area contributed by atoms with Crippen molar-refractivity contribution in [3.8, 4) is 0 Å². The zero-order valence-corrected chi connectivity index (χ0v) is 15.1. The number of fused-ring (bicyclic) bond motifs is 2. The second-order valence-corrected chi connectivity index (χ2v) is 6.52. The monoisotopic (exact) mass is 347 g/mol. The van der Waals surface area contributed by atoms with Gasteiger partial charge in [-0.25, -0.2) is 4.98 Å². The van der Waals surface area contributed by atoms with Gasteiger partial charge in [-0.2, -0.15) is 0 Å². The van der Waals surface area contributed by atoms with Crippen LogP contribution in [0.5, 0.6) is 0 Å². The number of unbranched alkanes of at least 4 members (excludes halogenated alkanes) is 5. The number of para-hydroxylation sites is 2. The average molecular weight is 347 g/mol. The Morgan fingerprint density at radius 3 is 2.04 bits per heavy atom. The molecule has 0 bridgehead atoms. The summed E-state index contributed by atoms with van der Waals surface area (Å²) in [5, 5.41) is 9.59. The highest BCUT2D eigenvalue weighted by Crippen LogP contribution is 2.30. The highest BCUT2D eigenvalue weighted by Gasteiger charge is 2.07. The molecule has 0 aliphatic rings. The van der Waals surface area contributed by atoms with Crippen LogP contribution in [0.25, 0.3) is 32.2 Å². The molecule has 26 heavy (non-hydrogen) atoms. The molecule has 3 rings (SSSR count). The molecule has 0 aliphatic heterocycles. The van der Waals surface area contributed by atoms with E-state index in [1.54, 1.807) is 0 Å². The van der Waals surface area contributed by atoms with Gasteiger partial charge in [-0.05, 0) is 30.5 Å². The van der Waals surface area contributed by atoms with Crippen molar-refractivity contribution in [3.63, 3.8) is 0 Å². The first kappa shape index (κ1) is 18.0. The van der Waals surface area contributed by atoms with Gasteiger partial charge in [-0.1, -0.05) is 67.2 Å². The predicted molar refractivity (Wildman–Crippen MR) is 109 cm³/mol. The second kappa shape index (κ2) is 9.64. The van der Waals surface area contributed by atoms with Gasteiger partial charge < -0.3 is 5.32 Å². The van der Waals surface area contributed by atoms with Crippen molar-refractivity contribution in [3.05, 3.63) is 59.0 Å². The molecule has 2 aromatic carbocycles. The van der Waals surface area contributed by atoms with E-state index in [1.807, 2.05) is 12.1 Å². The summed E-state index contributed by atoms with van der Waals surface area (Å²) in [5.74, 6) is 0. The van der Waals surface area contributed by atoms with Crippen LogP contribution in [0.1, 0.15) is 38.5 Å². The summed E-state index contributed by atoms with van der Waals surface area (Å²) >= 11 is 0. The Morgan fingerprint density at radius 2 is 1.38 bits per heavy atom. The molecule has 0 saturated heterocycles. The summed E-state index contributed by atoms with van der Waals surface area (Å²) in [7, 11) is 0. The summed E-state index contributed by atoms with van der Waals surface area (Å²) < 4.78 is 0. The van der Waals surface area contributed by atoms with Crippen LogP contribution in [0.4, 0.5) is 5.69 Å². The van der Waals surface area contributed by atoms with Crippen LogP contribution in [0.2, 0.25) is 0 Å². The lowest BCUT2D eigenvalue weighted by atomic mass is 10.1. The van der Waals surface area contributed by atoms with E-state index in [-0.39, 0.29) is 0 Å². The third-order valence-electron chi connectivity index (χ3n) is 4.64. The molecule has 5 heteroatoms. The molecule has 1 heterocycles. The van der Waals surface area contributed by atoms with E-state index in [0.717, 1.165) is 36.8 Å². The van der Waals surface area contributed by atoms with Crippen molar-refractivity contribution < 1.29 is 0 Å². The van der Waals surface area contributed by atoms with E-state index in [2.05, 4.69) is 51.7 Å². The predicted octanol–water partition coefficient (Wildman–Crippen LogP) is 6.45. The molecule has 0 atom stereocenters. The lowest BCUT2D eigenvalue weighted by molar-refractivity contribution is 0.605. The zero-order chi connectivity index (χ0) is 18.0. The van der Waals surface area contributed by atoms with Gasteiger partial charge in [0.1, 0.15) is 0 Å². The van der Waals surface area contributed by atoms with E-state index in [9.17, 15) is 0 Å². The van der Waals surface area contributed by atoms with Gasteiger partial charge in [-0.3, -0.25) is 0 Å². The zero-order valence-electron chi connectivity index (χ0n) is 15.1. The van der Waals surface area contributed by atoms with Crippen LogP contribution >= 0.6 is 0 Å². The maximum atomic E-state index is 8.24. The first-order valence-electron chi connectivity index (χ1n) is 9.42. The fraction of sp³-hybridized carbons (Fsp3) is 0.381. The molecular weight excluding hydrogens is 322 g/mol. The molecule has 3 aromatic rings. The third-order valence-corrected chi connectivity index (χ3v) is 4.64. The summed E-state index contributed by atoms with van der Waals surface area (Å²) in [4.78, 5) is 7.55. The van der Waals surface area contributed by atoms with E-state index in [0.29, 0.717) is 6.54 Å². The molecule has 1 aromatic heterocycles. The fourth-order valence-electron chi connectivity index (χ4n) is 3.30. The number of nitrogens with zero attached hydrogens (tertiary/aromatic N) is 4. The van der Waals surface area contributed by atoms with E-state index >= 15 is 0 Å².